The molecule has 0 unspecified atom stereocenters. The molecule has 0 bridgehead atoms. The first-order valence-corrected chi connectivity index (χ1v) is 6.78. The van der Waals surface area contributed by atoms with E-state index in [0.717, 1.165) is 6.42 Å². The maximum atomic E-state index is 11.2. The molecule has 0 atom stereocenters. The highest BCUT2D eigenvalue weighted by Crippen LogP contribution is 2.22. The van der Waals surface area contributed by atoms with Crippen LogP contribution in [0.15, 0.2) is 18.2 Å². The summed E-state index contributed by atoms with van der Waals surface area (Å²) >= 11 is 0. The van der Waals surface area contributed by atoms with Gasteiger partial charge in [-0.1, -0.05) is 18.2 Å². The van der Waals surface area contributed by atoms with Gasteiger partial charge in [0.15, 0.2) is 0 Å². The summed E-state index contributed by atoms with van der Waals surface area (Å²) in [5.74, 6) is -0.0736. The van der Waals surface area contributed by atoms with Crippen LogP contribution in [0.3, 0.4) is 0 Å². The Kier molecular flexibility index (Phi) is 4.76. The molecule has 98 valence electrons. The molecule has 0 saturated heterocycles. The maximum absolute atomic E-state index is 11.2. The van der Waals surface area contributed by atoms with Crippen molar-refractivity contribution in [3.8, 4) is 0 Å². The molecule has 0 spiro atoms. The quantitative estimate of drug-likeness (QED) is 0.830. The Morgan fingerprint density at radius 2 is 2.00 bits per heavy atom. The largest absolute Gasteiger partial charge is 0.396 e. The fraction of sp³-hybridized carbons (Fsp3) is 0.533. The number of carbonyl (C=O) groups excluding carboxylic acids is 1. The second kappa shape index (κ2) is 6.55. The van der Waals surface area contributed by atoms with Crippen LogP contribution in [0.1, 0.15) is 36.0 Å². The van der Waals surface area contributed by atoms with E-state index in [1.165, 1.54) is 42.4 Å². The van der Waals surface area contributed by atoms with Gasteiger partial charge in [-0.15, -0.1) is 0 Å². The van der Waals surface area contributed by atoms with Crippen molar-refractivity contribution in [2.45, 2.75) is 38.5 Å². The van der Waals surface area contributed by atoms with Crippen LogP contribution >= 0.6 is 0 Å². The Bertz CT molecular complexity index is 415. The molecular formula is C15H21NO2. The van der Waals surface area contributed by atoms with Gasteiger partial charge in [0.1, 0.15) is 0 Å². The van der Waals surface area contributed by atoms with E-state index in [0.29, 0.717) is 6.54 Å². The van der Waals surface area contributed by atoms with Gasteiger partial charge in [0.25, 0.3) is 0 Å². The average Bonchev–Trinajstić information content (AvgIpc) is 2.39. The minimum Gasteiger partial charge on any atom is -0.396 e. The second-order valence-electron chi connectivity index (χ2n) is 4.88. The van der Waals surface area contributed by atoms with Gasteiger partial charge in [-0.25, -0.2) is 0 Å². The molecule has 0 saturated carbocycles. The number of aryl methyl sites for hydroxylation is 2. The molecule has 3 nitrogen and oxygen atoms in total. The minimum absolute atomic E-state index is 0.0736. The summed E-state index contributed by atoms with van der Waals surface area (Å²) in [7, 11) is 0. The molecule has 2 N–H and O–H groups in total. The highest BCUT2D eigenvalue weighted by molar-refractivity contribution is 5.75. The minimum atomic E-state index is -0.0787. The fourth-order valence-corrected chi connectivity index (χ4v) is 2.48. The number of nitrogens with one attached hydrogen (secondary N) is 1. The number of hydrogen-bond donors (Lipinski definition) is 2. The number of fused-ring (bicyclic) bond motifs is 1. The zero-order valence-electron chi connectivity index (χ0n) is 10.7. The van der Waals surface area contributed by atoms with Crippen LogP contribution in [-0.2, 0) is 24.1 Å². The van der Waals surface area contributed by atoms with Gasteiger partial charge in [-0.3, -0.25) is 4.79 Å². The number of benzene rings is 1. The maximum Gasteiger partial charge on any atom is 0.222 e. The van der Waals surface area contributed by atoms with Crippen LogP contribution in [0, 0.1) is 0 Å². The van der Waals surface area contributed by atoms with Crippen molar-refractivity contribution in [2.75, 3.05) is 13.2 Å². The van der Waals surface area contributed by atoms with Gasteiger partial charge >= 0.3 is 0 Å². The summed E-state index contributed by atoms with van der Waals surface area (Å²) in [5, 5.41) is 11.4. The molecular weight excluding hydrogens is 226 g/mol. The number of aliphatic hydroxyl groups is 1. The van der Waals surface area contributed by atoms with Crippen molar-refractivity contribution in [1.82, 2.24) is 5.32 Å². The van der Waals surface area contributed by atoms with Crippen LogP contribution in [0.25, 0.3) is 0 Å². The van der Waals surface area contributed by atoms with Crippen molar-refractivity contribution in [1.29, 1.82) is 0 Å². The van der Waals surface area contributed by atoms with Gasteiger partial charge in [-0.2, -0.15) is 0 Å². The Labute approximate surface area is 108 Å². The van der Waals surface area contributed by atoms with Crippen LogP contribution in [0.4, 0.5) is 0 Å². The van der Waals surface area contributed by atoms with Crippen molar-refractivity contribution < 1.29 is 9.90 Å². The zero-order valence-corrected chi connectivity index (χ0v) is 10.7. The summed E-state index contributed by atoms with van der Waals surface area (Å²) in [6.07, 6.45) is 6.07. The SMILES string of the molecule is O=C(CCO)NCCc1ccc2c(c1)CCCC2. The number of rotatable bonds is 5. The number of carbonyl (C=O) groups is 1. The lowest BCUT2D eigenvalue weighted by molar-refractivity contribution is -0.121. The fourth-order valence-electron chi connectivity index (χ4n) is 2.48. The molecule has 0 fully saturated rings. The third kappa shape index (κ3) is 3.57. The predicted octanol–water partition coefficient (Wildman–Crippen LogP) is 1.61. The molecule has 2 rings (SSSR count). The molecule has 1 aliphatic rings. The van der Waals surface area contributed by atoms with E-state index in [4.69, 9.17) is 5.11 Å². The average molecular weight is 247 g/mol. The normalized spacial score (nSPS) is 14.1. The monoisotopic (exact) mass is 247 g/mol. The van der Waals surface area contributed by atoms with Crippen molar-refractivity contribution in [3.05, 3.63) is 34.9 Å². The molecule has 0 aliphatic heterocycles. The summed E-state index contributed by atoms with van der Waals surface area (Å²) in [6, 6.07) is 6.69. The molecule has 0 aromatic heterocycles. The number of amides is 1. The van der Waals surface area contributed by atoms with E-state index >= 15 is 0 Å². The lowest BCUT2D eigenvalue weighted by atomic mass is 9.90. The third-order valence-electron chi connectivity index (χ3n) is 3.49. The van der Waals surface area contributed by atoms with Crippen molar-refractivity contribution >= 4 is 5.91 Å². The third-order valence-corrected chi connectivity index (χ3v) is 3.49. The first-order valence-electron chi connectivity index (χ1n) is 6.78. The molecule has 1 aliphatic carbocycles. The zero-order chi connectivity index (χ0) is 12.8. The Morgan fingerprint density at radius 1 is 1.22 bits per heavy atom. The molecule has 0 radical (unpaired) electrons. The van der Waals surface area contributed by atoms with Crippen molar-refractivity contribution in [2.24, 2.45) is 0 Å². The van der Waals surface area contributed by atoms with Crippen LogP contribution in [-0.4, -0.2) is 24.2 Å². The van der Waals surface area contributed by atoms with Gasteiger partial charge in [-0.05, 0) is 48.8 Å². The second-order valence-corrected chi connectivity index (χ2v) is 4.88. The number of aliphatic hydroxyl groups excluding tert-OH is 1. The molecule has 3 heteroatoms. The molecule has 0 heterocycles. The smallest absolute Gasteiger partial charge is 0.222 e. The predicted molar refractivity (Wildman–Crippen MR) is 71.5 cm³/mol. The molecule has 18 heavy (non-hydrogen) atoms. The van der Waals surface area contributed by atoms with E-state index in [9.17, 15) is 4.79 Å². The Balaban J connectivity index is 1.84. The summed E-state index contributed by atoms with van der Waals surface area (Å²) < 4.78 is 0. The first-order chi connectivity index (χ1) is 8.79. The van der Waals surface area contributed by atoms with E-state index in [1.54, 1.807) is 0 Å². The van der Waals surface area contributed by atoms with E-state index in [2.05, 4.69) is 23.5 Å². The van der Waals surface area contributed by atoms with Gasteiger partial charge in [0.2, 0.25) is 5.91 Å². The molecule has 1 amide bonds. The first kappa shape index (κ1) is 13.1. The standard InChI is InChI=1S/C15H21NO2/c17-10-8-15(18)16-9-7-12-5-6-13-3-1-2-4-14(13)11-12/h5-6,11,17H,1-4,7-10H2,(H,16,18). The highest BCUT2D eigenvalue weighted by Gasteiger charge is 2.09. The van der Waals surface area contributed by atoms with Crippen LogP contribution in [0.5, 0.6) is 0 Å². The Morgan fingerprint density at radius 3 is 2.78 bits per heavy atom. The lowest BCUT2D eigenvalue weighted by Crippen LogP contribution is -2.26. The highest BCUT2D eigenvalue weighted by atomic mass is 16.3. The van der Waals surface area contributed by atoms with Crippen LogP contribution < -0.4 is 5.32 Å². The number of hydrogen-bond acceptors (Lipinski definition) is 2. The Hall–Kier alpha value is -1.35. The van der Waals surface area contributed by atoms with E-state index in [1.807, 2.05) is 0 Å². The summed E-state index contributed by atoms with van der Waals surface area (Å²) in [4.78, 5) is 11.2. The van der Waals surface area contributed by atoms with Gasteiger partial charge in [0.05, 0.1) is 6.61 Å². The van der Waals surface area contributed by atoms with Crippen LogP contribution in [0.2, 0.25) is 0 Å². The molecule has 1 aromatic rings. The van der Waals surface area contributed by atoms with Crippen molar-refractivity contribution in [3.63, 3.8) is 0 Å². The molecule has 1 aromatic carbocycles. The topological polar surface area (TPSA) is 49.3 Å². The van der Waals surface area contributed by atoms with E-state index in [-0.39, 0.29) is 18.9 Å². The van der Waals surface area contributed by atoms with E-state index < -0.39 is 0 Å². The van der Waals surface area contributed by atoms with Gasteiger partial charge < -0.3 is 10.4 Å². The van der Waals surface area contributed by atoms with Gasteiger partial charge in [0, 0.05) is 13.0 Å². The lowest BCUT2D eigenvalue weighted by Gasteiger charge is -2.16. The summed E-state index contributed by atoms with van der Waals surface area (Å²) in [5.41, 5.74) is 4.27. The summed E-state index contributed by atoms with van der Waals surface area (Å²) in [6.45, 7) is 0.572.